The average Bonchev–Trinajstić information content (AvgIpc) is 2.91. The minimum atomic E-state index is -4.15. The standard InChI is InChI=1S/C12H14ClF3N4O2.C12H16ClF3N4/c13-10-7-9(20(21)22)8-17-11(10)19-5-3-18(4-6-19)2-1-12(14,15)16;13-10-7-9(17)8-18-11(10)20-5-3-19(4-6-20)2-1-12(14,15)16/h7-8H,1-6H2;7-8H,1-6,17H2. The lowest BCUT2D eigenvalue weighted by Gasteiger charge is -2.35. The lowest BCUT2D eigenvalue weighted by atomic mass is 10.2. The first-order valence-electron chi connectivity index (χ1n) is 12.9. The lowest BCUT2D eigenvalue weighted by molar-refractivity contribution is -0.385. The summed E-state index contributed by atoms with van der Waals surface area (Å²) in [7, 11) is 0. The number of alkyl halides is 6. The van der Waals surface area contributed by atoms with Crippen molar-refractivity contribution in [3.8, 4) is 0 Å². The first-order chi connectivity index (χ1) is 19.6. The highest BCUT2D eigenvalue weighted by Gasteiger charge is 2.30. The number of nitrogens with zero attached hydrogens (tertiary/aromatic N) is 7. The molecular weight excluding hydrogens is 617 g/mol. The van der Waals surface area contributed by atoms with Crippen LogP contribution in [0.15, 0.2) is 24.5 Å². The molecule has 2 aliphatic heterocycles. The molecule has 4 rings (SSSR count). The summed E-state index contributed by atoms with van der Waals surface area (Å²) in [6.45, 7) is 4.24. The average molecular weight is 647 g/mol. The van der Waals surface area contributed by atoms with Crippen LogP contribution in [0.4, 0.5) is 49.4 Å². The van der Waals surface area contributed by atoms with Gasteiger partial charge in [0.2, 0.25) is 0 Å². The summed E-state index contributed by atoms with van der Waals surface area (Å²) in [5.74, 6) is 1.05. The van der Waals surface area contributed by atoms with Crippen molar-refractivity contribution in [2.75, 3.05) is 81.0 Å². The van der Waals surface area contributed by atoms with Crippen molar-refractivity contribution in [3.63, 3.8) is 0 Å². The minimum Gasteiger partial charge on any atom is -0.397 e. The van der Waals surface area contributed by atoms with Gasteiger partial charge in [0.05, 0.1) is 39.7 Å². The zero-order valence-electron chi connectivity index (χ0n) is 22.3. The van der Waals surface area contributed by atoms with Gasteiger partial charge in [-0.05, 0) is 6.07 Å². The van der Waals surface area contributed by atoms with E-state index in [0.29, 0.717) is 74.7 Å². The molecule has 0 aromatic carbocycles. The number of hydrogen-bond acceptors (Lipinski definition) is 9. The van der Waals surface area contributed by atoms with Crippen LogP contribution in [0.3, 0.4) is 0 Å². The number of nitrogens with two attached hydrogens (primary N) is 1. The Bertz CT molecular complexity index is 1190. The van der Waals surface area contributed by atoms with E-state index in [1.165, 1.54) is 12.3 Å². The highest BCUT2D eigenvalue weighted by Crippen LogP contribution is 2.29. The summed E-state index contributed by atoms with van der Waals surface area (Å²) in [5, 5.41) is 11.3. The summed E-state index contributed by atoms with van der Waals surface area (Å²) in [4.78, 5) is 25.5. The van der Waals surface area contributed by atoms with Crippen LogP contribution >= 0.6 is 23.2 Å². The van der Waals surface area contributed by atoms with Crippen LogP contribution in [0.2, 0.25) is 10.0 Å². The molecule has 2 aromatic rings. The van der Waals surface area contributed by atoms with E-state index in [0.717, 1.165) is 6.20 Å². The predicted molar refractivity (Wildman–Crippen MR) is 148 cm³/mol. The Balaban J connectivity index is 0.000000231. The molecule has 2 fully saturated rings. The van der Waals surface area contributed by atoms with Crippen LogP contribution < -0.4 is 15.5 Å². The highest BCUT2D eigenvalue weighted by atomic mass is 35.5. The van der Waals surface area contributed by atoms with Gasteiger partial charge >= 0.3 is 12.4 Å². The number of nitro groups is 1. The smallest absolute Gasteiger partial charge is 0.390 e. The summed E-state index contributed by atoms with van der Waals surface area (Å²) in [5.41, 5.74) is 5.87. The van der Waals surface area contributed by atoms with Gasteiger partial charge in [0, 0.05) is 71.5 Å². The number of nitrogen functional groups attached to an aromatic ring is 1. The molecule has 2 aromatic heterocycles. The lowest BCUT2D eigenvalue weighted by Crippen LogP contribution is -2.47. The zero-order chi connectivity index (χ0) is 31.1. The van der Waals surface area contributed by atoms with Gasteiger partial charge in [0.15, 0.2) is 0 Å². The zero-order valence-corrected chi connectivity index (χ0v) is 23.9. The molecule has 0 unspecified atom stereocenters. The Hall–Kier alpha value is -2.82. The summed E-state index contributed by atoms with van der Waals surface area (Å²) >= 11 is 12.1. The molecule has 0 aliphatic carbocycles. The van der Waals surface area contributed by atoms with E-state index in [9.17, 15) is 36.5 Å². The maximum absolute atomic E-state index is 12.2. The maximum Gasteiger partial charge on any atom is 0.390 e. The van der Waals surface area contributed by atoms with Gasteiger partial charge in [-0.2, -0.15) is 26.3 Å². The number of pyridine rings is 2. The van der Waals surface area contributed by atoms with Crippen LogP contribution in [0, 0.1) is 10.1 Å². The van der Waals surface area contributed by atoms with E-state index in [4.69, 9.17) is 28.9 Å². The number of anilines is 3. The van der Waals surface area contributed by atoms with Crippen molar-refractivity contribution in [1.82, 2.24) is 19.8 Å². The molecule has 0 amide bonds. The van der Waals surface area contributed by atoms with E-state index in [1.807, 2.05) is 9.80 Å². The monoisotopic (exact) mass is 646 g/mol. The Kier molecular flexibility index (Phi) is 11.7. The SMILES string of the molecule is Nc1cnc(N2CCN(CCC(F)(F)F)CC2)c(Cl)c1.O=[N+]([O-])c1cnc(N2CCN(CCC(F)(F)F)CC2)c(Cl)c1. The van der Waals surface area contributed by atoms with Crippen molar-refractivity contribution in [3.05, 3.63) is 44.7 Å². The maximum atomic E-state index is 12.2. The molecular formula is C24H30Cl2F6N8O2. The number of piperazine rings is 2. The van der Waals surface area contributed by atoms with E-state index in [1.54, 1.807) is 15.9 Å². The van der Waals surface area contributed by atoms with Crippen molar-refractivity contribution >= 4 is 46.2 Å². The van der Waals surface area contributed by atoms with E-state index >= 15 is 0 Å². The topological polar surface area (TPSA) is 108 Å². The normalized spacial score (nSPS) is 17.1. The molecule has 2 saturated heterocycles. The summed E-state index contributed by atoms with van der Waals surface area (Å²) < 4.78 is 73.1. The first-order valence-corrected chi connectivity index (χ1v) is 13.7. The van der Waals surface area contributed by atoms with Crippen LogP contribution in [0.1, 0.15) is 12.8 Å². The Labute approximate surface area is 248 Å². The second-order valence-corrected chi connectivity index (χ2v) is 10.5. The van der Waals surface area contributed by atoms with Gasteiger partial charge in [-0.1, -0.05) is 23.2 Å². The number of aromatic nitrogens is 2. The molecule has 234 valence electrons. The van der Waals surface area contributed by atoms with Gasteiger partial charge in [-0.25, -0.2) is 9.97 Å². The van der Waals surface area contributed by atoms with Crippen molar-refractivity contribution in [2.45, 2.75) is 25.2 Å². The first kappa shape index (κ1) is 33.7. The minimum absolute atomic E-state index is 0.0290. The summed E-state index contributed by atoms with van der Waals surface area (Å²) in [6, 6.07) is 2.85. The Morgan fingerprint density at radius 2 is 1.17 bits per heavy atom. The van der Waals surface area contributed by atoms with E-state index in [2.05, 4.69) is 9.97 Å². The summed E-state index contributed by atoms with van der Waals surface area (Å²) in [6.07, 6.45) is -7.20. The number of rotatable bonds is 7. The van der Waals surface area contributed by atoms with E-state index in [-0.39, 0.29) is 23.8 Å². The van der Waals surface area contributed by atoms with Crippen LogP contribution in [-0.2, 0) is 0 Å². The third-order valence-electron chi connectivity index (χ3n) is 6.63. The van der Waals surface area contributed by atoms with E-state index < -0.39 is 30.1 Å². The van der Waals surface area contributed by atoms with Gasteiger partial charge in [-0.3, -0.25) is 19.9 Å². The Morgan fingerprint density at radius 1 is 0.762 bits per heavy atom. The molecule has 2 N–H and O–H groups in total. The van der Waals surface area contributed by atoms with Crippen molar-refractivity contribution < 1.29 is 31.3 Å². The fourth-order valence-corrected chi connectivity index (χ4v) is 4.94. The molecule has 42 heavy (non-hydrogen) atoms. The largest absolute Gasteiger partial charge is 0.397 e. The van der Waals surface area contributed by atoms with Crippen LogP contribution in [-0.4, -0.2) is 102 Å². The third-order valence-corrected chi connectivity index (χ3v) is 7.18. The quantitative estimate of drug-likeness (QED) is 0.249. The number of hydrogen-bond donors (Lipinski definition) is 1. The van der Waals surface area contributed by atoms with Gasteiger partial charge in [0.1, 0.15) is 17.8 Å². The highest BCUT2D eigenvalue weighted by molar-refractivity contribution is 6.33. The molecule has 0 atom stereocenters. The fourth-order valence-electron chi connectivity index (χ4n) is 4.37. The molecule has 0 saturated carbocycles. The van der Waals surface area contributed by atoms with Gasteiger partial charge in [-0.15, -0.1) is 0 Å². The Morgan fingerprint density at radius 3 is 1.52 bits per heavy atom. The molecule has 10 nitrogen and oxygen atoms in total. The second-order valence-electron chi connectivity index (χ2n) is 9.72. The molecule has 4 heterocycles. The predicted octanol–water partition coefficient (Wildman–Crippen LogP) is 5.11. The molecule has 0 bridgehead atoms. The van der Waals surface area contributed by atoms with Crippen LogP contribution in [0.5, 0.6) is 0 Å². The molecule has 0 spiro atoms. The van der Waals surface area contributed by atoms with Gasteiger partial charge in [0.25, 0.3) is 5.69 Å². The van der Waals surface area contributed by atoms with Crippen LogP contribution in [0.25, 0.3) is 0 Å². The molecule has 2 aliphatic rings. The number of halogens is 8. The fraction of sp³-hybridized carbons (Fsp3) is 0.583. The van der Waals surface area contributed by atoms with Gasteiger partial charge < -0.3 is 15.5 Å². The van der Waals surface area contributed by atoms with Crippen molar-refractivity contribution in [2.24, 2.45) is 0 Å². The second kappa shape index (κ2) is 14.6. The van der Waals surface area contributed by atoms with Crippen molar-refractivity contribution in [1.29, 1.82) is 0 Å². The molecule has 18 heteroatoms. The molecule has 0 radical (unpaired) electrons. The third kappa shape index (κ3) is 10.8.